The van der Waals surface area contributed by atoms with Gasteiger partial charge in [0.1, 0.15) is 0 Å². The first kappa shape index (κ1) is 20.3. The molecule has 2 unspecified atom stereocenters. The van der Waals surface area contributed by atoms with Crippen LogP contribution in [0.3, 0.4) is 0 Å². The van der Waals surface area contributed by atoms with E-state index < -0.39 is 0 Å². The van der Waals surface area contributed by atoms with Gasteiger partial charge in [-0.2, -0.15) is 0 Å². The lowest BCUT2D eigenvalue weighted by Gasteiger charge is -2.22. The Morgan fingerprint density at radius 2 is 2.00 bits per heavy atom. The molecule has 2 heterocycles. The Bertz CT molecular complexity index is 595. The Hall–Kier alpha value is -1.39. The van der Waals surface area contributed by atoms with E-state index in [9.17, 15) is 4.79 Å². The maximum atomic E-state index is 11.0. The van der Waals surface area contributed by atoms with E-state index in [-0.39, 0.29) is 0 Å². The minimum absolute atomic E-state index is 0.663. The lowest BCUT2D eigenvalue weighted by molar-refractivity contribution is -0.107. The molecule has 4 rings (SSSR count). The van der Waals surface area contributed by atoms with Crippen molar-refractivity contribution in [2.45, 2.75) is 70.8 Å². The molecular formula is C23H37N3O. The summed E-state index contributed by atoms with van der Waals surface area (Å²) in [6.07, 6.45) is 9.91. The molecule has 0 radical (unpaired) electrons. The summed E-state index contributed by atoms with van der Waals surface area (Å²) in [5.74, 6) is 1.53. The number of carbonyl (C=O) groups is 1. The Morgan fingerprint density at radius 1 is 1.22 bits per heavy atom. The Morgan fingerprint density at radius 3 is 2.67 bits per heavy atom. The van der Waals surface area contributed by atoms with E-state index in [1.807, 2.05) is 4.90 Å². The number of hydrogen-bond acceptors (Lipinski definition) is 3. The number of carbonyl (C=O) groups excluding carboxylic acids is 1. The van der Waals surface area contributed by atoms with Crippen molar-refractivity contribution in [1.29, 1.82) is 0 Å². The molecule has 27 heavy (non-hydrogen) atoms. The number of amides is 1. The summed E-state index contributed by atoms with van der Waals surface area (Å²) >= 11 is 0. The molecule has 0 bridgehead atoms. The van der Waals surface area contributed by atoms with Gasteiger partial charge in [0.2, 0.25) is 6.41 Å². The van der Waals surface area contributed by atoms with E-state index in [0.717, 1.165) is 31.0 Å². The van der Waals surface area contributed by atoms with Crippen molar-refractivity contribution in [2.75, 3.05) is 31.1 Å². The molecule has 0 aromatic heterocycles. The summed E-state index contributed by atoms with van der Waals surface area (Å²) in [7, 11) is 0. The Balaban J connectivity index is 0.000000376. The number of hydrogen-bond donors (Lipinski definition) is 2. The summed E-state index contributed by atoms with van der Waals surface area (Å²) < 4.78 is 0. The highest BCUT2D eigenvalue weighted by Crippen LogP contribution is 2.43. The van der Waals surface area contributed by atoms with E-state index in [4.69, 9.17) is 0 Å². The van der Waals surface area contributed by atoms with Crippen LogP contribution in [-0.2, 0) is 11.2 Å². The molecule has 2 fully saturated rings. The van der Waals surface area contributed by atoms with E-state index in [2.05, 4.69) is 42.7 Å². The Labute approximate surface area is 165 Å². The molecule has 0 spiro atoms. The van der Waals surface area contributed by atoms with Crippen molar-refractivity contribution in [3.8, 4) is 0 Å². The molecule has 150 valence electrons. The molecule has 4 nitrogen and oxygen atoms in total. The zero-order chi connectivity index (χ0) is 19.1. The number of nitrogens with zero attached hydrogens (tertiary/aromatic N) is 1. The lowest BCUT2D eigenvalue weighted by Crippen LogP contribution is -2.34. The van der Waals surface area contributed by atoms with E-state index in [1.165, 1.54) is 69.3 Å². The van der Waals surface area contributed by atoms with Gasteiger partial charge in [0, 0.05) is 24.2 Å². The third-order valence-corrected chi connectivity index (χ3v) is 6.22. The second-order valence-electron chi connectivity index (χ2n) is 8.34. The van der Waals surface area contributed by atoms with Gasteiger partial charge in [-0.25, -0.2) is 0 Å². The van der Waals surface area contributed by atoms with E-state index in [0.29, 0.717) is 12.0 Å². The van der Waals surface area contributed by atoms with E-state index >= 15 is 0 Å². The average Bonchev–Trinajstić information content (AvgIpc) is 3.38. The summed E-state index contributed by atoms with van der Waals surface area (Å²) in [5, 5.41) is 7.20. The summed E-state index contributed by atoms with van der Waals surface area (Å²) in [5.41, 5.74) is 3.90. The maximum absolute atomic E-state index is 11.0. The number of piperidine rings is 1. The van der Waals surface area contributed by atoms with Crippen molar-refractivity contribution < 1.29 is 4.79 Å². The number of fused-ring (bicyclic) bond motifs is 1. The van der Waals surface area contributed by atoms with Crippen molar-refractivity contribution in [1.82, 2.24) is 10.6 Å². The van der Waals surface area contributed by atoms with Crippen LogP contribution >= 0.6 is 0 Å². The molecule has 1 saturated carbocycles. The molecule has 1 aromatic rings. The average molecular weight is 372 g/mol. The highest BCUT2D eigenvalue weighted by molar-refractivity contribution is 5.79. The number of benzene rings is 1. The molecule has 3 aliphatic rings. The smallest absolute Gasteiger partial charge is 0.214 e. The van der Waals surface area contributed by atoms with Crippen LogP contribution in [0.15, 0.2) is 18.2 Å². The third-order valence-electron chi connectivity index (χ3n) is 6.22. The zero-order valence-corrected chi connectivity index (χ0v) is 17.2. The van der Waals surface area contributed by atoms with Crippen LogP contribution in [0, 0.1) is 5.92 Å². The molecule has 1 saturated heterocycles. The van der Waals surface area contributed by atoms with Crippen LogP contribution in [0.2, 0.25) is 0 Å². The van der Waals surface area contributed by atoms with Gasteiger partial charge in [-0.1, -0.05) is 45.2 Å². The third kappa shape index (κ3) is 5.55. The first-order valence-corrected chi connectivity index (χ1v) is 11.1. The fourth-order valence-electron chi connectivity index (χ4n) is 4.33. The fourth-order valence-corrected chi connectivity index (χ4v) is 4.33. The van der Waals surface area contributed by atoms with Crippen LogP contribution in [0.5, 0.6) is 0 Å². The van der Waals surface area contributed by atoms with Crippen LogP contribution in [-0.4, -0.2) is 38.6 Å². The van der Waals surface area contributed by atoms with E-state index in [1.54, 1.807) is 0 Å². The predicted octanol–water partition coefficient (Wildman–Crippen LogP) is 3.85. The minimum Gasteiger partial charge on any atom is -0.317 e. The normalized spacial score (nSPS) is 24.1. The first-order valence-electron chi connectivity index (χ1n) is 11.1. The van der Waals surface area contributed by atoms with Crippen LogP contribution < -0.4 is 15.5 Å². The molecule has 1 aromatic carbocycles. The predicted molar refractivity (Wildman–Crippen MR) is 113 cm³/mol. The van der Waals surface area contributed by atoms with Crippen molar-refractivity contribution in [2.24, 2.45) is 5.92 Å². The monoisotopic (exact) mass is 371 g/mol. The van der Waals surface area contributed by atoms with Gasteiger partial charge < -0.3 is 15.5 Å². The van der Waals surface area contributed by atoms with Gasteiger partial charge in [-0.3, -0.25) is 4.79 Å². The number of nitrogens with one attached hydrogen (secondary N) is 2. The maximum Gasteiger partial charge on any atom is 0.214 e. The molecule has 2 atom stereocenters. The quantitative estimate of drug-likeness (QED) is 0.716. The molecule has 1 aliphatic carbocycles. The summed E-state index contributed by atoms with van der Waals surface area (Å²) in [6.45, 7) is 8.79. The minimum atomic E-state index is 0.663. The second kappa shape index (κ2) is 10.2. The lowest BCUT2D eigenvalue weighted by atomic mass is 9.98. The molecular weight excluding hydrogens is 334 g/mol. The summed E-state index contributed by atoms with van der Waals surface area (Å²) in [4.78, 5) is 12.8. The molecule has 2 N–H and O–H groups in total. The van der Waals surface area contributed by atoms with Crippen molar-refractivity contribution >= 4 is 12.1 Å². The first-order chi connectivity index (χ1) is 13.3. The van der Waals surface area contributed by atoms with Crippen LogP contribution in [0.25, 0.3) is 0 Å². The zero-order valence-electron chi connectivity index (χ0n) is 17.2. The van der Waals surface area contributed by atoms with Gasteiger partial charge in [0.15, 0.2) is 0 Å². The van der Waals surface area contributed by atoms with Gasteiger partial charge in [-0.05, 0) is 68.4 Å². The largest absolute Gasteiger partial charge is 0.317 e. The highest BCUT2D eigenvalue weighted by Gasteiger charge is 2.38. The van der Waals surface area contributed by atoms with Crippen LogP contribution in [0.4, 0.5) is 5.69 Å². The molecule has 1 amide bonds. The van der Waals surface area contributed by atoms with Gasteiger partial charge in [0.25, 0.3) is 0 Å². The fraction of sp³-hybridized carbons (Fsp3) is 0.696. The molecule has 2 aliphatic heterocycles. The highest BCUT2D eigenvalue weighted by atomic mass is 16.1. The number of unbranched alkanes of at least 4 members (excludes halogenated alkanes) is 2. The SMILES string of the molecule is CCCCC.O=CN1CCc2cc(C3CC3NCC3CCNCC3)ccc21. The Kier molecular flexibility index (Phi) is 7.71. The summed E-state index contributed by atoms with van der Waals surface area (Å²) in [6, 6.07) is 7.35. The van der Waals surface area contributed by atoms with Gasteiger partial charge in [-0.15, -0.1) is 0 Å². The van der Waals surface area contributed by atoms with Crippen molar-refractivity contribution in [3.05, 3.63) is 29.3 Å². The second-order valence-corrected chi connectivity index (χ2v) is 8.34. The standard InChI is InChI=1S/C18H25N3O.C5H12/c22-12-21-8-5-15-9-14(1-2-18(15)21)16-10-17(16)20-11-13-3-6-19-7-4-13;1-3-5-4-2/h1-2,9,12-13,16-17,19-20H,3-8,10-11H2;3-5H2,1-2H3. The number of rotatable bonds is 7. The van der Waals surface area contributed by atoms with Gasteiger partial charge >= 0.3 is 0 Å². The van der Waals surface area contributed by atoms with Crippen LogP contribution in [0.1, 0.15) is 69.4 Å². The van der Waals surface area contributed by atoms with Gasteiger partial charge in [0.05, 0.1) is 0 Å². The number of anilines is 1. The topological polar surface area (TPSA) is 44.4 Å². The molecule has 4 heteroatoms. The van der Waals surface area contributed by atoms with Crippen molar-refractivity contribution in [3.63, 3.8) is 0 Å².